The van der Waals surface area contributed by atoms with Gasteiger partial charge in [-0.05, 0) is 30.2 Å². The van der Waals surface area contributed by atoms with Gasteiger partial charge in [0.25, 0.3) is 0 Å². The van der Waals surface area contributed by atoms with Gasteiger partial charge in [-0.2, -0.15) is 0 Å². The Kier molecular flexibility index (Phi) is 1.97. The molecule has 0 unspecified atom stereocenters. The van der Waals surface area contributed by atoms with Crippen molar-refractivity contribution in [2.24, 2.45) is 0 Å². The van der Waals surface area contributed by atoms with Crippen molar-refractivity contribution in [2.45, 2.75) is 25.6 Å². The lowest BCUT2D eigenvalue weighted by molar-refractivity contribution is 0.0348. The van der Waals surface area contributed by atoms with E-state index >= 15 is 0 Å². The van der Waals surface area contributed by atoms with E-state index in [0.717, 1.165) is 31.9 Å². The molecule has 0 atom stereocenters. The van der Waals surface area contributed by atoms with Gasteiger partial charge >= 0.3 is 0 Å². The average Bonchev–Trinajstić information content (AvgIpc) is 2.62. The van der Waals surface area contributed by atoms with Crippen LogP contribution in [0.3, 0.4) is 0 Å². The molecule has 1 aromatic carbocycles. The van der Waals surface area contributed by atoms with Crippen molar-refractivity contribution in [3.63, 3.8) is 0 Å². The second-order valence-corrected chi connectivity index (χ2v) is 4.69. The first kappa shape index (κ1) is 9.19. The molecule has 0 saturated carbocycles. The predicted octanol–water partition coefficient (Wildman–Crippen LogP) is 1.03. The van der Waals surface area contributed by atoms with E-state index < -0.39 is 0 Å². The molecule has 0 aromatic heterocycles. The van der Waals surface area contributed by atoms with Gasteiger partial charge in [0.15, 0.2) is 0 Å². The van der Waals surface area contributed by atoms with E-state index in [4.69, 9.17) is 4.74 Å². The summed E-state index contributed by atoms with van der Waals surface area (Å²) < 4.78 is 5.97. The lowest BCUT2D eigenvalue weighted by Crippen LogP contribution is -2.61. The molecule has 3 heteroatoms. The third kappa shape index (κ3) is 1.62. The molecule has 3 rings (SSSR count). The highest BCUT2D eigenvalue weighted by atomic mass is 16.5. The molecule has 15 heavy (non-hydrogen) atoms. The third-order valence-electron chi connectivity index (χ3n) is 3.17. The summed E-state index contributed by atoms with van der Waals surface area (Å²) in [6.45, 7) is 6.01. The number of hydrogen-bond donors (Lipinski definition) is 2. The lowest BCUT2D eigenvalue weighted by atomic mass is 10.00. The van der Waals surface area contributed by atoms with Crippen LogP contribution in [-0.4, -0.2) is 18.7 Å². The van der Waals surface area contributed by atoms with Gasteiger partial charge in [-0.3, -0.25) is 0 Å². The fourth-order valence-electron chi connectivity index (χ4n) is 2.17. The Bertz CT molecular complexity index is 385. The molecule has 1 aromatic rings. The first-order chi connectivity index (χ1) is 7.25. The van der Waals surface area contributed by atoms with E-state index in [2.05, 4.69) is 35.8 Å². The van der Waals surface area contributed by atoms with Crippen LogP contribution in [0.4, 0.5) is 0 Å². The van der Waals surface area contributed by atoms with Crippen molar-refractivity contribution in [3.8, 4) is 5.75 Å². The zero-order chi connectivity index (χ0) is 10.3. The van der Waals surface area contributed by atoms with Crippen molar-refractivity contribution < 1.29 is 4.74 Å². The molecular weight excluding hydrogens is 188 g/mol. The number of benzene rings is 1. The summed E-state index contributed by atoms with van der Waals surface area (Å²) in [5, 5.41) is 6.57. The maximum Gasteiger partial charge on any atom is 0.131 e. The van der Waals surface area contributed by atoms with E-state index in [-0.39, 0.29) is 5.60 Å². The van der Waals surface area contributed by atoms with E-state index in [0.29, 0.717) is 0 Å². The first-order valence-corrected chi connectivity index (χ1v) is 5.47. The van der Waals surface area contributed by atoms with Crippen LogP contribution in [-0.2, 0) is 13.1 Å². The summed E-state index contributed by atoms with van der Waals surface area (Å²) in [5.74, 6) is 1.00. The van der Waals surface area contributed by atoms with E-state index in [9.17, 15) is 0 Å². The zero-order valence-electron chi connectivity index (χ0n) is 8.97. The smallest absolute Gasteiger partial charge is 0.131 e. The van der Waals surface area contributed by atoms with Gasteiger partial charge in [0, 0.05) is 26.2 Å². The zero-order valence-corrected chi connectivity index (χ0v) is 8.97. The van der Waals surface area contributed by atoms with Crippen LogP contribution in [0.15, 0.2) is 18.2 Å². The van der Waals surface area contributed by atoms with Crippen LogP contribution in [0.5, 0.6) is 5.75 Å². The SMILES string of the molecule is CC1(Oc2ccc3c(c2)CNC3)CNC1. The van der Waals surface area contributed by atoms with Crippen molar-refractivity contribution in [2.75, 3.05) is 13.1 Å². The highest BCUT2D eigenvalue weighted by Gasteiger charge is 2.33. The molecule has 0 aliphatic carbocycles. The van der Waals surface area contributed by atoms with Crippen molar-refractivity contribution in [1.82, 2.24) is 10.6 Å². The Morgan fingerprint density at radius 2 is 1.93 bits per heavy atom. The third-order valence-corrected chi connectivity index (χ3v) is 3.17. The predicted molar refractivity (Wildman–Crippen MR) is 58.9 cm³/mol. The second-order valence-electron chi connectivity index (χ2n) is 4.69. The van der Waals surface area contributed by atoms with Crippen molar-refractivity contribution >= 4 is 0 Å². The van der Waals surface area contributed by atoms with Gasteiger partial charge < -0.3 is 15.4 Å². The molecule has 2 N–H and O–H groups in total. The van der Waals surface area contributed by atoms with Crippen LogP contribution in [0.1, 0.15) is 18.1 Å². The van der Waals surface area contributed by atoms with Crippen LogP contribution >= 0.6 is 0 Å². The fraction of sp³-hybridized carbons (Fsp3) is 0.500. The summed E-state index contributed by atoms with van der Waals surface area (Å²) in [6, 6.07) is 6.41. The minimum Gasteiger partial charge on any atom is -0.485 e. The van der Waals surface area contributed by atoms with Gasteiger partial charge in [-0.15, -0.1) is 0 Å². The quantitative estimate of drug-likeness (QED) is 0.755. The van der Waals surface area contributed by atoms with Gasteiger partial charge in [0.05, 0.1) is 0 Å². The summed E-state index contributed by atoms with van der Waals surface area (Å²) in [7, 11) is 0. The normalized spacial score (nSPS) is 21.9. The van der Waals surface area contributed by atoms with Crippen LogP contribution in [0.2, 0.25) is 0 Å². The molecule has 0 radical (unpaired) electrons. The van der Waals surface area contributed by atoms with Crippen molar-refractivity contribution in [1.29, 1.82) is 0 Å². The molecule has 0 bridgehead atoms. The molecule has 1 fully saturated rings. The van der Waals surface area contributed by atoms with Crippen LogP contribution < -0.4 is 15.4 Å². The van der Waals surface area contributed by atoms with Gasteiger partial charge in [0.2, 0.25) is 0 Å². The van der Waals surface area contributed by atoms with Gasteiger partial charge in [-0.1, -0.05) is 6.07 Å². The summed E-state index contributed by atoms with van der Waals surface area (Å²) in [5.41, 5.74) is 2.78. The minimum atomic E-state index is 0.000267. The maximum absolute atomic E-state index is 5.97. The monoisotopic (exact) mass is 204 g/mol. The molecule has 3 nitrogen and oxygen atoms in total. The Labute approximate surface area is 89.8 Å². The van der Waals surface area contributed by atoms with Crippen LogP contribution in [0.25, 0.3) is 0 Å². The number of nitrogens with one attached hydrogen (secondary N) is 2. The summed E-state index contributed by atoms with van der Waals surface area (Å²) in [4.78, 5) is 0. The molecule has 0 spiro atoms. The Morgan fingerprint density at radius 1 is 1.13 bits per heavy atom. The topological polar surface area (TPSA) is 33.3 Å². The second kappa shape index (κ2) is 3.22. The van der Waals surface area contributed by atoms with E-state index in [1.807, 2.05) is 0 Å². The highest BCUT2D eigenvalue weighted by Crippen LogP contribution is 2.26. The van der Waals surface area contributed by atoms with Gasteiger partial charge in [-0.25, -0.2) is 0 Å². The first-order valence-electron chi connectivity index (χ1n) is 5.47. The molecule has 2 heterocycles. The Balaban J connectivity index is 1.81. The molecule has 2 aliphatic heterocycles. The average molecular weight is 204 g/mol. The summed E-state index contributed by atoms with van der Waals surface area (Å²) >= 11 is 0. The largest absolute Gasteiger partial charge is 0.485 e. The Morgan fingerprint density at radius 3 is 2.67 bits per heavy atom. The molecule has 80 valence electrons. The van der Waals surface area contributed by atoms with Crippen LogP contribution in [0, 0.1) is 0 Å². The van der Waals surface area contributed by atoms with Gasteiger partial charge in [0.1, 0.15) is 11.4 Å². The molecule has 1 saturated heterocycles. The fourth-order valence-corrected chi connectivity index (χ4v) is 2.17. The Hall–Kier alpha value is -1.06. The highest BCUT2D eigenvalue weighted by molar-refractivity contribution is 5.38. The number of fused-ring (bicyclic) bond motifs is 1. The maximum atomic E-state index is 5.97. The molecule has 2 aliphatic rings. The van der Waals surface area contributed by atoms with E-state index in [1.165, 1.54) is 11.1 Å². The van der Waals surface area contributed by atoms with E-state index in [1.54, 1.807) is 0 Å². The number of hydrogen-bond acceptors (Lipinski definition) is 3. The summed E-state index contributed by atoms with van der Waals surface area (Å²) in [6.07, 6.45) is 0. The minimum absolute atomic E-state index is 0.000267. The molecular formula is C12H16N2O. The standard InChI is InChI=1S/C12H16N2O/c1-12(7-14-8-12)15-11-3-2-9-5-13-6-10(9)4-11/h2-4,13-14H,5-8H2,1H3. The number of rotatable bonds is 2. The van der Waals surface area contributed by atoms with Crippen molar-refractivity contribution in [3.05, 3.63) is 29.3 Å². The lowest BCUT2D eigenvalue weighted by Gasteiger charge is -2.39. The number of ether oxygens (including phenoxy) is 1. The molecule has 0 amide bonds.